The van der Waals surface area contributed by atoms with Crippen molar-refractivity contribution in [2.75, 3.05) is 13.7 Å². The van der Waals surface area contributed by atoms with Crippen LogP contribution < -0.4 is 4.74 Å². The van der Waals surface area contributed by atoms with Crippen LogP contribution in [-0.2, 0) is 0 Å². The second-order valence-electron chi connectivity index (χ2n) is 6.73. The number of likely N-dealkylation sites (tertiary alicyclic amines) is 1. The van der Waals surface area contributed by atoms with Gasteiger partial charge in [0.05, 0.1) is 19.0 Å². The maximum Gasteiger partial charge on any atom is 0.267 e. The normalized spacial score (nSPS) is 16.8. The van der Waals surface area contributed by atoms with E-state index in [2.05, 4.69) is 20.2 Å². The largest absolute Gasteiger partial charge is 0.497 e. The summed E-state index contributed by atoms with van der Waals surface area (Å²) < 4.78 is 11.1. The van der Waals surface area contributed by atoms with E-state index in [0.29, 0.717) is 35.3 Å². The Morgan fingerprint density at radius 2 is 2.11 bits per heavy atom. The highest BCUT2D eigenvalue weighted by molar-refractivity contribution is 5.94. The van der Waals surface area contributed by atoms with E-state index in [-0.39, 0.29) is 11.9 Å². The van der Waals surface area contributed by atoms with Gasteiger partial charge < -0.3 is 14.1 Å². The molecule has 1 aliphatic rings. The first kappa shape index (κ1) is 18.1. The third-order valence-corrected chi connectivity index (χ3v) is 4.81. The molecule has 1 amide bonds. The van der Waals surface area contributed by atoms with E-state index < -0.39 is 0 Å². The summed E-state index contributed by atoms with van der Waals surface area (Å²) >= 11 is 0. The molecule has 28 heavy (non-hydrogen) atoms. The average Bonchev–Trinajstić information content (AvgIpc) is 3.24. The Morgan fingerprint density at radius 3 is 2.89 bits per heavy atom. The van der Waals surface area contributed by atoms with Gasteiger partial charge in [-0.15, -0.1) is 10.2 Å². The van der Waals surface area contributed by atoms with Gasteiger partial charge in [-0.05, 0) is 44.4 Å². The lowest BCUT2D eigenvalue weighted by Gasteiger charge is -2.33. The lowest BCUT2D eigenvalue weighted by molar-refractivity contribution is 0.0572. The van der Waals surface area contributed by atoms with Crippen molar-refractivity contribution in [1.29, 1.82) is 0 Å². The van der Waals surface area contributed by atoms with Crippen LogP contribution in [-0.4, -0.2) is 44.6 Å². The average molecular weight is 379 g/mol. The van der Waals surface area contributed by atoms with E-state index in [4.69, 9.17) is 9.15 Å². The van der Waals surface area contributed by atoms with Gasteiger partial charge in [-0.1, -0.05) is 6.07 Å². The molecule has 1 atom stereocenters. The first-order chi connectivity index (χ1) is 13.7. The Hall–Kier alpha value is -3.29. The van der Waals surface area contributed by atoms with Gasteiger partial charge in [-0.2, -0.15) is 0 Å². The summed E-state index contributed by atoms with van der Waals surface area (Å²) in [5.41, 5.74) is 1.91. The minimum atomic E-state index is -0.257. The number of carbonyl (C=O) groups is 1. The van der Waals surface area contributed by atoms with Gasteiger partial charge in [0.25, 0.3) is 11.8 Å². The molecule has 144 valence electrons. The lowest BCUT2D eigenvalue weighted by Crippen LogP contribution is -2.38. The Balaban J connectivity index is 1.60. The standard InChI is InChI=1S/C20H21N5O3/c1-13-11-22-16(12-21-13)18-23-24-19(28-18)17-8-3-4-9-25(17)20(26)14-6-5-7-15(10-14)27-2/h5-7,10-12,17H,3-4,8-9H2,1-2H3/t17-/m0/s1. The zero-order chi connectivity index (χ0) is 19.5. The van der Waals surface area contributed by atoms with Crippen LogP contribution in [0.15, 0.2) is 41.1 Å². The fraction of sp³-hybridized carbons (Fsp3) is 0.350. The molecule has 0 saturated carbocycles. The second kappa shape index (κ2) is 7.75. The van der Waals surface area contributed by atoms with Crippen LogP contribution in [0.2, 0.25) is 0 Å². The molecule has 4 rings (SSSR count). The number of carbonyl (C=O) groups excluding carboxylic acids is 1. The topological polar surface area (TPSA) is 94.2 Å². The molecule has 1 saturated heterocycles. The van der Waals surface area contributed by atoms with Gasteiger partial charge >= 0.3 is 0 Å². The minimum absolute atomic E-state index is 0.0709. The van der Waals surface area contributed by atoms with Crippen LogP contribution in [0.1, 0.15) is 47.2 Å². The molecule has 8 nitrogen and oxygen atoms in total. The molecule has 3 aromatic rings. The van der Waals surface area contributed by atoms with Crippen molar-refractivity contribution in [3.63, 3.8) is 0 Å². The molecule has 0 N–H and O–H groups in total. The van der Waals surface area contributed by atoms with Crippen molar-refractivity contribution < 1.29 is 13.9 Å². The molecule has 1 aliphatic heterocycles. The van der Waals surface area contributed by atoms with Crippen molar-refractivity contribution in [1.82, 2.24) is 25.1 Å². The Labute approximate surface area is 162 Å². The molecule has 0 spiro atoms. The smallest absolute Gasteiger partial charge is 0.267 e. The summed E-state index contributed by atoms with van der Waals surface area (Å²) in [7, 11) is 1.58. The number of aromatic nitrogens is 4. The number of ether oxygens (including phenoxy) is 1. The summed E-state index contributed by atoms with van der Waals surface area (Å²) in [6.07, 6.45) is 5.97. The highest BCUT2D eigenvalue weighted by Gasteiger charge is 2.33. The van der Waals surface area contributed by atoms with E-state index in [1.165, 1.54) is 0 Å². The second-order valence-corrected chi connectivity index (χ2v) is 6.73. The molecule has 0 aliphatic carbocycles. The number of nitrogens with zero attached hydrogens (tertiary/aromatic N) is 5. The van der Waals surface area contributed by atoms with Gasteiger partial charge in [0.15, 0.2) is 0 Å². The summed E-state index contributed by atoms with van der Waals surface area (Å²) in [6.45, 7) is 2.50. The quantitative estimate of drug-likeness (QED) is 0.687. The third kappa shape index (κ3) is 3.58. The van der Waals surface area contributed by atoms with Gasteiger partial charge in [-0.3, -0.25) is 9.78 Å². The maximum absolute atomic E-state index is 13.1. The maximum atomic E-state index is 13.1. The number of rotatable bonds is 4. The van der Waals surface area contributed by atoms with E-state index >= 15 is 0 Å². The van der Waals surface area contributed by atoms with Crippen LogP contribution in [0.25, 0.3) is 11.6 Å². The number of methoxy groups -OCH3 is 1. The van der Waals surface area contributed by atoms with Gasteiger partial charge in [0, 0.05) is 18.3 Å². The monoisotopic (exact) mass is 379 g/mol. The van der Waals surface area contributed by atoms with Gasteiger partial charge in [0.2, 0.25) is 5.89 Å². The van der Waals surface area contributed by atoms with Crippen molar-refractivity contribution in [2.45, 2.75) is 32.2 Å². The molecule has 0 bridgehead atoms. The molecule has 0 unspecified atom stereocenters. The van der Waals surface area contributed by atoms with Gasteiger partial charge in [-0.25, -0.2) is 4.98 Å². The van der Waals surface area contributed by atoms with Crippen LogP contribution in [0.5, 0.6) is 5.75 Å². The van der Waals surface area contributed by atoms with Crippen LogP contribution in [0.4, 0.5) is 0 Å². The summed E-state index contributed by atoms with van der Waals surface area (Å²) in [5.74, 6) is 1.31. The highest BCUT2D eigenvalue weighted by Crippen LogP contribution is 2.33. The van der Waals surface area contributed by atoms with Crippen LogP contribution in [0, 0.1) is 6.92 Å². The fourth-order valence-corrected chi connectivity index (χ4v) is 3.33. The van der Waals surface area contributed by atoms with E-state index in [9.17, 15) is 4.79 Å². The molecule has 3 heterocycles. The molecule has 1 fully saturated rings. The van der Waals surface area contributed by atoms with Crippen LogP contribution >= 0.6 is 0 Å². The first-order valence-electron chi connectivity index (χ1n) is 9.23. The fourth-order valence-electron chi connectivity index (χ4n) is 3.33. The third-order valence-electron chi connectivity index (χ3n) is 4.81. The highest BCUT2D eigenvalue weighted by atomic mass is 16.5. The molecular weight excluding hydrogens is 358 g/mol. The summed E-state index contributed by atoms with van der Waals surface area (Å²) in [5, 5.41) is 8.30. The number of hydrogen-bond acceptors (Lipinski definition) is 7. The molecule has 0 radical (unpaired) electrons. The van der Waals surface area contributed by atoms with Crippen LogP contribution in [0.3, 0.4) is 0 Å². The molecule has 2 aromatic heterocycles. The number of piperidine rings is 1. The van der Waals surface area contributed by atoms with E-state index in [1.807, 2.05) is 19.1 Å². The Kier molecular flexibility index (Phi) is 5.01. The Morgan fingerprint density at radius 1 is 1.21 bits per heavy atom. The van der Waals surface area contributed by atoms with Crippen molar-refractivity contribution in [2.24, 2.45) is 0 Å². The molecule has 8 heteroatoms. The number of amides is 1. The van der Waals surface area contributed by atoms with Crippen molar-refractivity contribution in [3.8, 4) is 17.3 Å². The van der Waals surface area contributed by atoms with E-state index in [1.54, 1.807) is 36.5 Å². The van der Waals surface area contributed by atoms with E-state index in [0.717, 1.165) is 25.0 Å². The number of aryl methyl sites for hydroxylation is 1. The predicted octanol–water partition coefficient (Wildman–Crippen LogP) is 3.21. The lowest BCUT2D eigenvalue weighted by atomic mass is 10.0. The number of hydrogen-bond donors (Lipinski definition) is 0. The van der Waals surface area contributed by atoms with Crippen molar-refractivity contribution in [3.05, 3.63) is 53.8 Å². The molecular formula is C20H21N5O3. The summed E-state index contributed by atoms with van der Waals surface area (Å²) in [4.78, 5) is 23.4. The van der Waals surface area contributed by atoms with Crippen molar-refractivity contribution >= 4 is 5.91 Å². The summed E-state index contributed by atoms with van der Waals surface area (Å²) in [6, 6.07) is 6.91. The zero-order valence-electron chi connectivity index (χ0n) is 15.8. The number of benzene rings is 1. The Bertz CT molecular complexity index is 970. The minimum Gasteiger partial charge on any atom is -0.497 e. The SMILES string of the molecule is COc1cccc(C(=O)N2CCCC[C@H]2c2nnc(-c3cnc(C)cn3)o2)c1. The first-order valence-corrected chi connectivity index (χ1v) is 9.23. The predicted molar refractivity (Wildman–Crippen MR) is 101 cm³/mol. The van der Waals surface area contributed by atoms with Gasteiger partial charge in [0.1, 0.15) is 17.5 Å². The molecule has 1 aromatic carbocycles. The zero-order valence-corrected chi connectivity index (χ0v) is 15.8.